The van der Waals surface area contributed by atoms with Gasteiger partial charge in [-0.1, -0.05) is 183 Å². The lowest BCUT2D eigenvalue weighted by Gasteiger charge is -2.30. The molecule has 0 fully saturated rings. The van der Waals surface area contributed by atoms with Gasteiger partial charge in [0.05, 0.1) is 17.9 Å². The number of nitrogens with zero attached hydrogens (tertiary/aromatic N) is 3. The van der Waals surface area contributed by atoms with Crippen LogP contribution in [0.25, 0.3) is 71.3 Å². The molecular formula is C70H52FN3. The average Bonchev–Trinajstić information content (AvgIpc) is 3.68. The van der Waals surface area contributed by atoms with E-state index >= 15 is 4.39 Å². The molecule has 1 aliphatic carbocycles. The third-order valence-electron chi connectivity index (χ3n) is 14.8. The van der Waals surface area contributed by atoms with E-state index in [-0.39, 0.29) is 5.82 Å². The summed E-state index contributed by atoms with van der Waals surface area (Å²) in [6.45, 7) is 17.5. The van der Waals surface area contributed by atoms with Crippen LogP contribution < -0.4 is 9.80 Å². The molecule has 0 bridgehead atoms. The summed E-state index contributed by atoms with van der Waals surface area (Å²) in [5.74, 6) is -0.304. The van der Waals surface area contributed by atoms with Crippen molar-refractivity contribution in [2.75, 3.05) is 9.80 Å². The lowest BCUT2D eigenvalue weighted by molar-refractivity contribution is 0.629. The normalized spacial score (nSPS) is 12.2. The van der Waals surface area contributed by atoms with E-state index in [2.05, 4.69) is 200 Å². The van der Waals surface area contributed by atoms with Crippen LogP contribution in [0.5, 0.6) is 0 Å². The van der Waals surface area contributed by atoms with Crippen molar-refractivity contribution in [3.8, 4) is 55.6 Å². The predicted molar refractivity (Wildman–Crippen MR) is 308 cm³/mol. The molecule has 1 aliphatic rings. The highest BCUT2D eigenvalue weighted by Crippen LogP contribution is 2.54. The van der Waals surface area contributed by atoms with Crippen molar-refractivity contribution in [3.63, 3.8) is 0 Å². The summed E-state index contributed by atoms with van der Waals surface area (Å²) < 4.78 is 17.5. The maximum Gasteiger partial charge on any atom is 0.211 e. The lowest BCUT2D eigenvalue weighted by atomic mass is 9.81. The molecule has 0 aromatic heterocycles. The van der Waals surface area contributed by atoms with Gasteiger partial charge < -0.3 is 9.80 Å². The van der Waals surface area contributed by atoms with Gasteiger partial charge in [-0.25, -0.2) is 9.24 Å². The SMILES string of the molecule is [C-]#[N+]c1cc(-c2ccccc2)cc(-c2ccccc2)c1N(c1ccc(C)cc1)c1ccc2cc3c(cc2c1)C(C)(C)c1cc(N(c2ccc(C)cc2)c2c(F)cc(-c4ccccc4)cc2-c2ccccc2)ccc1-3. The molecule has 11 aromatic rings. The Balaban J connectivity index is 1.01. The molecule has 0 N–H and O–H groups in total. The van der Waals surface area contributed by atoms with E-state index in [1.165, 1.54) is 22.3 Å². The fourth-order valence-electron chi connectivity index (χ4n) is 11.0. The number of hydrogen-bond donors (Lipinski definition) is 0. The minimum Gasteiger partial charge on any atom is -0.320 e. The molecule has 0 saturated carbocycles. The van der Waals surface area contributed by atoms with Crippen molar-refractivity contribution in [2.45, 2.75) is 33.1 Å². The first-order valence-corrected chi connectivity index (χ1v) is 25.2. The molecule has 0 unspecified atom stereocenters. The van der Waals surface area contributed by atoms with Crippen LogP contribution >= 0.6 is 0 Å². The lowest BCUT2D eigenvalue weighted by Crippen LogP contribution is -2.17. The molecule has 74 heavy (non-hydrogen) atoms. The van der Waals surface area contributed by atoms with Crippen LogP contribution in [0.2, 0.25) is 0 Å². The Morgan fingerprint density at radius 1 is 0.365 bits per heavy atom. The largest absolute Gasteiger partial charge is 0.320 e. The fourth-order valence-corrected chi connectivity index (χ4v) is 11.0. The Kier molecular flexibility index (Phi) is 11.6. The third kappa shape index (κ3) is 8.19. The van der Waals surface area contributed by atoms with Gasteiger partial charge in [-0.05, 0) is 171 Å². The average molecular weight is 954 g/mol. The van der Waals surface area contributed by atoms with E-state index in [9.17, 15) is 0 Å². The van der Waals surface area contributed by atoms with Crippen molar-refractivity contribution in [3.05, 3.63) is 282 Å². The molecule has 0 saturated heterocycles. The summed E-state index contributed by atoms with van der Waals surface area (Å²) >= 11 is 0. The zero-order valence-electron chi connectivity index (χ0n) is 41.8. The highest BCUT2D eigenvalue weighted by molar-refractivity contribution is 6.02. The number of fused-ring (bicyclic) bond motifs is 4. The van der Waals surface area contributed by atoms with Crippen LogP contribution in [-0.4, -0.2) is 0 Å². The number of halogens is 1. The van der Waals surface area contributed by atoms with Crippen LogP contribution in [0.15, 0.2) is 243 Å². The number of rotatable bonds is 10. The maximum absolute atomic E-state index is 17.5. The van der Waals surface area contributed by atoms with Gasteiger partial charge in [0.15, 0.2) is 0 Å². The Morgan fingerprint density at radius 2 is 0.811 bits per heavy atom. The summed E-state index contributed by atoms with van der Waals surface area (Å²) in [6, 6.07) is 84.0. The Labute approximate surface area is 433 Å². The van der Waals surface area contributed by atoms with Gasteiger partial charge >= 0.3 is 0 Å². The molecule has 0 amide bonds. The zero-order valence-corrected chi connectivity index (χ0v) is 41.8. The smallest absolute Gasteiger partial charge is 0.211 e. The van der Waals surface area contributed by atoms with Gasteiger partial charge in [0.25, 0.3) is 0 Å². The Bertz CT molecular complexity index is 3940. The van der Waals surface area contributed by atoms with E-state index in [1.54, 1.807) is 6.07 Å². The van der Waals surface area contributed by atoms with Gasteiger partial charge in [-0.3, -0.25) is 0 Å². The second kappa shape index (κ2) is 18.7. The second-order valence-electron chi connectivity index (χ2n) is 19.9. The van der Waals surface area contributed by atoms with Crippen molar-refractivity contribution >= 4 is 50.6 Å². The van der Waals surface area contributed by atoms with Gasteiger partial charge in [0.2, 0.25) is 5.69 Å². The van der Waals surface area contributed by atoms with Gasteiger partial charge in [0.1, 0.15) is 5.82 Å². The van der Waals surface area contributed by atoms with Crippen molar-refractivity contribution in [2.24, 2.45) is 0 Å². The summed E-state index contributed by atoms with van der Waals surface area (Å²) in [4.78, 5) is 8.63. The predicted octanol–water partition coefficient (Wildman–Crippen LogP) is 20.1. The van der Waals surface area contributed by atoms with E-state index in [1.807, 2.05) is 78.9 Å². The molecule has 0 atom stereocenters. The first-order valence-electron chi connectivity index (χ1n) is 25.2. The van der Waals surface area contributed by atoms with Crippen LogP contribution in [-0.2, 0) is 5.41 Å². The molecule has 3 nitrogen and oxygen atoms in total. The van der Waals surface area contributed by atoms with Crippen LogP contribution in [0.3, 0.4) is 0 Å². The second-order valence-corrected chi connectivity index (χ2v) is 19.9. The quantitative estimate of drug-likeness (QED) is 0.127. The Morgan fingerprint density at radius 3 is 1.35 bits per heavy atom. The first kappa shape index (κ1) is 45.8. The number of hydrogen-bond acceptors (Lipinski definition) is 2. The van der Waals surface area contributed by atoms with Crippen LogP contribution in [0.1, 0.15) is 36.1 Å². The van der Waals surface area contributed by atoms with E-state index in [4.69, 9.17) is 6.57 Å². The minimum atomic E-state index is -0.413. The Hall–Kier alpha value is -9.30. The fraction of sp³-hybridized carbons (Fsp3) is 0.0714. The van der Waals surface area contributed by atoms with E-state index in [0.29, 0.717) is 11.4 Å². The molecule has 4 heteroatoms. The highest BCUT2D eigenvalue weighted by atomic mass is 19.1. The van der Waals surface area contributed by atoms with Crippen molar-refractivity contribution in [1.82, 2.24) is 0 Å². The molecule has 11 aromatic carbocycles. The summed E-state index contributed by atoms with van der Waals surface area (Å²) in [7, 11) is 0. The van der Waals surface area contributed by atoms with Gasteiger partial charge in [-0.15, -0.1) is 0 Å². The van der Waals surface area contributed by atoms with Crippen LogP contribution in [0, 0.1) is 26.2 Å². The maximum atomic E-state index is 17.5. The van der Waals surface area contributed by atoms with E-state index in [0.717, 1.165) is 94.8 Å². The van der Waals surface area contributed by atoms with Crippen molar-refractivity contribution < 1.29 is 4.39 Å². The van der Waals surface area contributed by atoms with E-state index < -0.39 is 5.41 Å². The van der Waals surface area contributed by atoms with Crippen molar-refractivity contribution in [1.29, 1.82) is 0 Å². The van der Waals surface area contributed by atoms with Gasteiger partial charge in [-0.2, -0.15) is 0 Å². The summed E-state index contributed by atoms with van der Waals surface area (Å²) in [5.41, 5.74) is 19.8. The molecule has 0 radical (unpaired) electrons. The molecule has 0 aliphatic heterocycles. The standard InChI is InChI=1S/C70H52FN3/c1-46-26-31-56(32-27-46)73(68-61(50-22-14-8-15-23-50)40-54(43-66(68)71)48-18-10-6-11-19-48)59-36-37-60-63-39-52-30-35-58(38-53(52)42-64(63)70(3,4)65(60)45-59)74(57-33-28-47(2)29-34-57)69-62(51-24-16-9-17-25-51)41-55(44-67(69)72-5)49-20-12-7-13-21-49/h6-45H,1-4H3. The molecule has 354 valence electrons. The van der Waals surface area contributed by atoms with Crippen LogP contribution in [0.4, 0.5) is 44.2 Å². The summed E-state index contributed by atoms with van der Waals surface area (Å²) in [6.07, 6.45) is 0. The molecule has 12 rings (SSSR count). The molecular weight excluding hydrogens is 902 g/mol. The molecule has 0 spiro atoms. The highest BCUT2D eigenvalue weighted by Gasteiger charge is 2.37. The van der Waals surface area contributed by atoms with Gasteiger partial charge in [0, 0.05) is 33.7 Å². The number of benzene rings is 11. The number of aryl methyl sites for hydroxylation is 2. The monoisotopic (exact) mass is 953 g/mol. The summed E-state index contributed by atoms with van der Waals surface area (Å²) in [5, 5.41) is 2.21. The zero-order chi connectivity index (χ0) is 50.5. The minimum absolute atomic E-state index is 0.304. The molecule has 0 heterocycles. The number of anilines is 6. The topological polar surface area (TPSA) is 10.8 Å². The third-order valence-corrected chi connectivity index (χ3v) is 14.8. The first-order chi connectivity index (χ1) is 36.1.